The number of rotatable bonds is 7. The number of nitrogens with one attached hydrogen (secondary N) is 2. The van der Waals surface area contributed by atoms with Crippen molar-refractivity contribution < 1.29 is 19.5 Å². The number of carboxylic acids is 1. The molecule has 0 unspecified atom stereocenters. The van der Waals surface area contributed by atoms with E-state index in [2.05, 4.69) is 10.6 Å². The van der Waals surface area contributed by atoms with Gasteiger partial charge in [0.05, 0.1) is 12.0 Å². The molecule has 3 rings (SSSR count). The van der Waals surface area contributed by atoms with E-state index in [0.717, 1.165) is 17.2 Å². The molecule has 2 amide bonds. The maximum Gasteiger partial charge on any atom is 0.305 e. The Bertz CT molecular complexity index is 843. The molecule has 0 spiro atoms. The van der Waals surface area contributed by atoms with E-state index < -0.39 is 11.5 Å². The average molecular weight is 354 g/mol. The monoisotopic (exact) mass is 354 g/mol. The third-order valence-corrected chi connectivity index (χ3v) is 4.85. The Morgan fingerprint density at radius 3 is 2.42 bits per heavy atom. The summed E-state index contributed by atoms with van der Waals surface area (Å²) >= 11 is 0. The van der Waals surface area contributed by atoms with Crippen LogP contribution in [0.15, 0.2) is 42.5 Å². The van der Waals surface area contributed by atoms with Crippen molar-refractivity contribution in [3.63, 3.8) is 0 Å². The molecule has 3 N–H and O–H groups in total. The molecule has 0 atom stereocenters. The Hall–Kier alpha value is -2.89. The molecular weight excluding hydrogens is 332 g/mol. The summed E-state index contributed by atoms with van der Waals surface area (Å²) in [7, 11) is 0. The number of aliphatic carboxylic acids is 1. The SMILES string of the molecule is O=C(O)CC1(NC(=O)CCNC(=O)c2ccc3ccccc3c2)CCC1. The van der Waals surface area contributed by atoms with Crippen LogP contribution in [0, 0.1) is 0 Å². The fraction of sp³-hybridized carbons (Fsp3) is 0.350. The number of carbonyl (C=O) groups is 3. The van der Waals surface area contributed by atoms with Crippen LogP contribution in [0.4, 0.5) is 0 Å². The van der Waals surface area contributed by atoms with Crippen LogP contribution in [0.3, 0.4) is 0 Å². The van der Waals surface area contributed by atoms with E-state index >= 15 is 0 Å². The topological polar surface area (TPSA) is 95.5 Å². The standard InChI is InChI=1S/C20H22N2O4/c23-17(22-20(9-3-10-20)13-18(24)25)8-11-21-19(26)16-7-6-14-4-1-2-5-15(14)12-16/h1-2,4-7,12H,3,8-11,13H2,(H,21,26)(H,22,23)(H,24,25). The van der Waals surface area contributed by atoms with E-state index in [1.54, 1.807) is 6.07 Å². The first-order chi connectivity index (χ1) is 12.5. The predicted molar refractivity (Wildman–Crippen MR) is 97.9 cm³/mol. The number of amides is 2. The highest BCUT2D eigenvalue weighted by Crippen LogP contribution is 2.34. The van der Waals surface area contributed by atoms with Crippen LogP contribution in [0.1, 0.15) is 42.5 Å². The molecular formula is C20H22N2O4. The lowest BCUT2D eigenvalue weighted by Gasteiger charge is -2.41. The maximum atomic E-state index is 12.2. The summed E-state index contributed by atoms with van der Waals surface area (Å²) < 4.78 is 0. The first-order valence-electron chi connectivity index (χ1n) is 8.77. The van der Waals surface area contributed by atoms with Crippen molar-refractivity contribution in [2.45, 2.75) is 37.6 Å². The second kappa shape index (κ2) is 7.56. The van der Waals surface area contributed by atoms with Gasteiger partial charge in [0.25, 0.3) is 5.91 Å². The van der Waals surface area contributed by atoms with Crippen molar-refractivity contribution in [2.75, 3.05) is 6.54 Å². The number of fused-ring (bicyclic) bond motifs is 1. The summed E-state index contributed by atoms with van der Waals surface area (Å²) in [5.41, 5.74) is -0.0592. The lowest BCUT2D eigenvalue weighted by Crippen LogP contribution is -2.55. The van der Waals surface area contributed by atoms with Crippen molar-refractivity contribution in [3.8, 4) is 0 Å². The van der Waals surface area contributed by atoms with Crippen molar-refractivity contribution >= 4 is 28.6 Å². The first kappa shape index (κ1) is 17.9. The summed E-state index contributed by atoms with van der Waals surface area (Å²) in [5, 5.41) is 16.6. The van der Waals surface area contributed by atoms with Crippen LogP contribution in [0.5, 0.6) is 0 Å². The van der Waals surface area contributed by atoms with Crippen LogP contribution in [0.25, 0.3) is 10.8 Å². The minimum absolute atomic E-state index is 0.0534. The minimum atomic E-state index is -0.908. The van der Waals surface area contributed by atoms with Gasteiger partial charge in [-0.05, 0) is 42.2 Å². The van der Waals surface area contributed by atoms with Gasteiger partial charge in [-0.3, -0.25) is 14.4 Å². The lowest BCUT2D eigenvalue weighted by molar-refractivity contribution is -0.140. The molecule has 26 heavy (non-hydrogen) atoms. The minimum Gasteiger partial charge on any atom is -0.481 e. The molecule has 0 bridgehead atoms. The normalized spacial score (nSPS) is 15.1. The van der Waals surface area contributed by atoms with Gasteiger partial charge in [-0.2, -0.15) is 0 Å². The van der Waals surface area contributed by atoms with Crippen LogP contribution < -0.4 is 10.6 Å². The second-order valence-corrected chi connectivity index (χ2v) is 6.82. The van der Waals surface area contributed by atoms with Gasteiger partial charge in [0.15, 0.2) is 0 Å². The third-order valence-electron chi connectivity index (χ3n) is 4.85. The highest BCUT2D eigenvalue weighted by atomic mass is 16.4. The van der Waals surface area contributed by atoms with E-state index in [9.17, 15) is 14.4 Å². The molecule has 6 heteroatoms. The van der Waals surface area contributed by atoms with Gasteiger partial charge in [0, 0.05) is 18.5 Å². The maximum absolute atomic E-state index is 12.2. The van der Waals surface area contributed by atoms with E-state index in [0.29, 0.717) is 18.4 Å². The van der Waals surface area contributed by atoms with Gasteiger partial charge in [-0.15, -0.1) is 0 Å². The van der Waals surface area contributed by atoms with Crippen molar-refractivity contribution in [2.24, 2.45) is 0 Å². The molecule has 2 aromatic rings. The average Bonchev–Trinajstić information content (AvgIpc) is 2.58. The van der Waals surface area contributed by atoms with E-state index in [4.69, 9.17) is 5.11 Å². The van der Waals surface area contributed by atoms with Gasteiger partial charge >= 0.3 is 5.97 Å². The summed E-state index contributed by atoms with van der Waals surface area (Å²) in [6.07, 6.45) is 2.37. The highest BCUT2D eigenvalue weighted by molar-refractivity contribution is 5.98. The summed E-state index contributed by atoms with van der Waals surface area (Å²) in [6, 6.07) is 13.3. The number of hydrogen-bond donors (Lipinski definition) is 3. The van der Waals surface area contributed by atoms with Crippen LogP contribution >= 0.6 is 0 Å². The smallest absolute Gasteiger partial charge is 0.305 e. The van der Waals surface area contributed by atoms with Gasteiger partial charge in [0.1, 0.15) is 0 Å². The van der Waals surface area contributed by atoms with E-state index in [1.165, 1.54) is 0 Å². The number of hydrogen-bond acceptors (Lipinski definition) is 3. The zero-order valence-electron chi connectivity index (χ0n) is 14.5. The second-order valence-electron chi connectivity index (χ2n) is 6.82. The lowest BCUT2D eigenvalue weighted by atomic mass is 9.74. The fourth-order valence-electron chi connectivity index (χ4n) is 3.32. The Morgan fingerprint density at radius 1 is 1.04 bits per heavy atom. The molecule has 0 aliphatic heterocycles. The zero-order valence-corrected chi connectivity index (χ0v) is 14.5. The van der Waals surface area contributed by atoms with Crippen molar-refractivity contribution in [3.05, 3.63) is 48.0 Å². The Balaban J connectivity index is 1.49. The summed E-state index contributed by atoms with van der Waals surface area (Å²) in [5.74, 6) is -1.37. The summed E-state index contributed by atoms with van der Waals surface area (Å²) in [4.78, 5) is 35.3. The third kappa shape index (κ3) is 4.20. The Labute approximate surface area is 151 Å². The molecule has 0 saturated heterocycles. The molecule has 2 aromatic carbocycles. The van der Waals surface area contributed by atoms with Crippen LogP contribution in [-0.4, -0.2) is 35.0 Å². The molecule has 0 aromatic heterocycles. The van der Waals surface area contributed by atoms with Crippen molar-refractivity contribution in [1.82, 2.24) is 10.6 Å². The quantitative estimate of drug-likeness (QED) is 0.712. The molecule has 1 saturated carbocycles. The number of carboxylic acid groups (broad SMARTS) is 1. The zero-order chi connectivity index (χ0) is 18.6. The highest BCUT2D eigenvalue weighted by Gasteiger charge is 2.40. The molecule has 0 radical (unpaired) electrons. The molecule has 1 aliphatic carbocycles. The fourth-order valence-corrected chi connectivity index (χ4v) is 3.32. The summed E-state index contributed by atoms with van der Waals surface area (Å²) in [6.45, 7) is 0.209. The van der Waals surface area contributed by atoms with E-state index in [-0.39, 0.29) is 31.2 Å². The molecule has 136 valence electrons. The van der Waals surface area contributed by atoms with Crippen LogP contribution in [-0.2, 0) is 9.59 Å². The van der Waals surface area contributed by atoms with E-state index in [1.807, 2.05) is 36.4 Å². The number of carbonyl (C=O) groups excluding carboxylic acids is 2. The first-order valence-corrected chi connectivity index (χ1v) is 8.77. The molecule has 6 nitrogen and oxygen atoms in total. The largest absolute Gasteiger partial charge is 0.481 e. The van der Waals surface area contributed by atoms with Gasteiger partial charge < -0.3 is 15.7 Å². The molecule has 1 aliphatic rings. The van der Waals surface area contributed by atoms with Gasteiger partial charge in [-0.25, -0.2) is 0 Å². The van der Waals surface area contributed by atoms with Crippen LogP contribution in [0.2, 0.25) is 0 Å². The molecule has 1 fully saturated rings. The Kier molecular flexibility index (Phi) is 5.21. The molecule has 0 heterocycles. The Morgan fingerprint density at radius 2 is 1.77 bits per heavy atom. The number of benzene rings is 2. The van der Waals surface area contributed by atoms with Gasteiger partial charge in [-0.1, -0.05) is 30.3 Å². The van der Waals surface area contributed by atoms with Gasteiger partial charge in [0.2, 0.25) is 5.91 Å². The predicted octanol–water partition coefficient (Wildman–Crippen LogP) is 2.47. The van der Waals surface area contributed by atoms with Crippen molar-refractivity contribution in [1.29, 1.82) is 0 Å².